The predicted molar refractivity (Wildman–Crippen MR) is 156 cm³/mol. The van der Waals surface area contributed by atoms with E-state index in [0.717, 1.165) is 0 Å². The fourth-order valence-corrected chi connectivity index (χ4v) is 4.46. The van der Waals surface area contributed by atoms with Crippen LogP contribution in [0.2, 0.25) is 0 Å². The summed E-state index contributed by atoms with van der Waals surface area (Å²) in [6, 6.07) is 2.95. The predicted octanol–water partition coefficient (Wildman–Crippen LogP) is -2.57. The number of rotatable bonds is 10. The van der Waals surface area contributed by atoms with Gasteiger partial charge in [0.15, 0.2) is 5.96 Å². The number of carboxylic acid groups (broad SMARTS) is 1. The minimum Gasteiger partial charge on any atom is -0.480 e. The molecule has 1 fully saturated rings. The maximum atomic E-state index is 13.7. The number of carbonyl (C=O) groups excluding carboxylic acids is 5. The monoisotopic (exact) mass is 603 g/mol. The minimum atomic E-state index is -1.65. The molecule has 16 heteroatoms. The maximum Gasteiger partial charge on any atom is 0.326 e. The molecule has 1 aliphatic rings. The van der Waals surface area contributed by atoms with Crippen LogP contribution in [0.3, 0.4) is 0 Å². The Balaban J connectivity index is 2.51. The number of hydrogen-bond donors (Lipinski definition) is 8. The molecule has 1 heterocycles. The summed E-state index contributed by atoms with van der Waals surface area (Å²) in [6.45, 7) is -0.0340. The average Bonchev–Trinajstić information content (AvgIpc) is 2.97. The Kier molecular flexibility index (Phi) is 13.9. The number of benzene rings is 1. The normalized spacial score (nSPS) is 22.6. The van der Waals surface area contributed by atoms with Gasteiger partial charge in [0.05, 0.1) is 13.0 Å². The molecule has 1 aromatic carbocycles. The first-order valence-electron chi connectivity index (χ1n) is 13.9. The molecule has 0 spiro atoms. The first-order valence-corrected chi connectivity index (χ1v) is 13.9. The molecule has 0 aromatic heterocycles. The summed E-state index contributed by atoms with van der Waals surface area (Å²) in [4.78, 5) is 83.0. The smallest absolute Gasteiger partial charge is 0.326 e. The number of unbranched alkanes of at least 4 members (excludes halogenated alkanes) is 1. The third-order valence-electron chi connectivity index (χ3n) is 6.76. The molecule has 16 nitrogen and oxygen atoms in total. The lowest BCUT2D eigenvalue weighted by Gasteiger charge is -2.32. The lowest BCUT2D eigenvalue weighted by Crippen LogP contribution is -2.57. The Morgan fingerprint density at radius 3 is 2.28 bits per heavy atom. The fraction of sp³-hybridized carbons (Fsp3) is 0.519. The van der Waals surface area contributed by atoms with Gasteiger partial charge in [-0.3, -0.25) is 29.0 Å². The van der Waals surface area contributed by atoms with Crippen LogP contribution in [0, 0.1) is 0 Å². The number of carbonyl (C=O) groups is 6. The first-order chi connectivity index (χ1) is 20.4. The molecule has 5 amide bonds. The number of aliphatic carboxylic acids is 1. The van der Waals surface area contributed by atoms with Crippen molar-refractivity contribution in [1.82, 2.24) is 26.2 Å². The lowest BCUT2D eigenvalue weighted by atomic mass is 10.0. The highest BCUT2D eigenvalue weighted by Crippen LogP contribution is 2.17. The van der Waals surface area contributed by atoms with E-state index in [2.05, 4.69) is 26.3 Å². The first kappa shape index (κ1) is 34.5. The van der Waals surface area contributed by atoms with E-state index >= 15 is 0 Å². The summed E-state index contributed by atoms with van der Waals surface area (Å²) in [5, 5.41) is 19.5. The minimum absolute atomic E-state index is 0.104. The number of carboxylic acids is 1. The number of amides is 5. The van der Waals surface area contributed by atoms with Crippen LogP contribution in [-0.4, -0.2) is 96.3 Å². The summed E-state index contributed by atoms with van der Waals surface area (Å²) >= 11 is 0. The molecule has 1 aromatic rings. The third kappa shape index (κ3) is 11.2. The molecule has 11 N–H and O–H groups in total. The SMILES string of the molecule is CN1C(=O)[C@H](CCCN=C(N)N)NC(=O)CNC(=O)C[C@@H](C(=O)O)NC(=O)[C@@H](c2ccccc2)NC(=O)[C@H]1CCCCN. The van der Waals surface area contributed by atoms with Gasteiger partial charge in [-0.05, 0) is 44.2 Å². The largest absolute Gasteiger partial charge is 0.480 e. The van der Waals surface area contributed by atoms with Gasteiger partial charge in [-0.1, -0.05) is 30.3 Å². The highest BCUT2D eigenvalue weighted by atomic mass is 16.4. The summed E-state index contributed by atoms with van der Waals surface area (Å²) in [6.07, 6.45) is 0.949. The van der Waals surface area contributed by atoms with Gasteiger partial charge in [0.1, 0.15) is 24.2 Å². The summed E-state index contributed by atoms with van der Waals surface area (Å²) in [5.74, 6) is -5.33. The molecule has 1 saturated heterocycles. The topological polar surface area (TPSA) is 264 Å². The molecule has 0 aliphatic carbocycles. The number of aliphatic imine (C=N–C) groups is 1. The molecular weight excluding hydrogens is 562 g/mol. The summed E-state index contributed by atoms with van der Waals surface area (Å²) in [7, 11) is 1.41. The second-order valence-electron chi connectivity index (χ2n) is 10.1. The van der Waals surface area contributed by atoms with Gasteiger partial charge in [0.2, 0.25) is 29.5 Å². The van der Waals surface area contributed by atoms with Gasteiger partial charge in [-0.2, -0.15) is 0 Å². The number of nitrogens with one attached hydrogen (secondary N) is 4. The van der Waals surface area contributed by atoms with Gasteiger partial charge in [-0.15, -0.1) is 0 Å². The highest BCUT2D eigenvalue weighted by Gasteiger charge is 2.35. The van der Waals surface area contributed by atoms with E-state index in [1.807, 2.05) is 0 Å². The Morgan fingerprint density at radius 1 is 0.953 bits per heavy atom. The zero-order valence-electron chi connectivity index (χ0n) is 24.1. The van der Waals surface area contributed by atoms with Crippen molar-refractivity contribution in [3.8, 4) is 0 Å². The fourth-order valence-electron chi connectivity index (χ4n) is 4.46. The molecule has 0 saturated carbocycles. The number of guanidine groups is 1. The van der Waals surface area contributed by atoms with E-state index in [4.69, 9.17) is 17.2 Å². The van der Waals surface area contributed by atoms with Gasteiger partial charge in [0.25, 0.3) is 0 Å². The quantitative estimate of drug-likeness (QED) is 0.0786. The Bertz CT molecular complexity index is 1170. The van der Waals surface area contributed by atoms with E-state index in [-0.39, 0.29) is 25.3 Å². The summed E-state index contributed by atoms with van der Waals surface area (Å²) < 4.78 is 0. The van der Waals surface area contributed by atoms with Crippen molar-refractivity contribution in [2.45, 2.75) is 62.7 Å². The van der Waals surface area contributed by atoms with Gasteiger partial charge in [-0.25, -0.2) is 4.79 Å². The zero-order valence-corrected chi connectivity index (χ0v) is 24.1. The summed E-state index contributed by atoms with van der Waals surface area (Å²) in [5.41, 5.74) is 16.7. The van der Waals surface area contributed by atoms with Crippen molar-refractivity contribution in [1.29, 1.82) is 0 Å². The van der Waals surface area contributed by atoms with Crippen molar-refractivity contribution in [2.24, 2.45) is 22.2 Å². The van der Waals surface area contributed by atoms with Crippen molar-refractivity contribution in [3.63, 3.8) is 0 Å². The lowest BCUT2D eigenvalue weighted by molar-refractivity contribution is -0.145. The van der Waals surface area contributed by atoms with Crippen LogP contribution in [-0.2, 0) is 28.8 Å². The molecule has 2 rings (SSSR count). The molecule has 1 aliphatic heterocycles. The average molecular weight is 604 g/mol. The number of hydrogen-bond acceptors (Lipinski definition) is 8. The van der Waals surface area contributed by atoms with Gasteiger partial charge >= 0.3 is 5.97 Å². The van der Waals surface area contributed by atoms with Crippen molar-refractivity contribution in [2.75, 3.05) is 26.7 Å². The molecule has 0 unspecified atom stereocenters. The molecule has 236 valence electrons. The standard InChI is InChI=1S/C27H41N9O7/c1-36-19(11-5-6-12-28)23(39)35-22(16-8-3-2-4-9-16)24(40)34-18(26(42)43)14-20(37)32-15-21(38)33-17(25(36)41)10-7-13-31-27(29)30/h2-4,8-9,17-19,22H,5-7,10-15,28H2,1H3,(H,32,37)(H,33,38)(H,34,40)(H,35,39)(H,42,43)(H4,29,30,31)/t17-,18-,19+,22+/m0/s1. The van der Waals surface area contributed by atoms with E-state index in [9.17, 15) is 33.9 Å². The van der Waals surface area contributed by atoms with E-state index < -0.39 is 72.6 Å². The molecular formula is C27H41N9O7. The number of likely N-dealkylation sites (N-methyl/N-ethyl adjacent to an activating group) is 1. The van der Waals surface area contributed by atoms with E-state index in [1.54, 1.807) is 30.3 Å². The van der Waals surface area contributed by atoms with Crippen LogP contribution in [0.25, 0.3) is 0 Å². The van der Waals surface area contributed by atoms with Crippen LogP contribution in [0.1, 0.15) is 50.1 Å². The van der Waals surface area contributed by atoms with Crippen molar-refractivity contribution < 1.29 is 33.9 Å². The number of nitrogens with two attached hydrogens (primary N) is 3. The maximum absolute atomic E-state index is 13.7. The van der Waals surface area contributed by atoms with Crippen LogP contribution in [0.15, 0.2) is 35.3 Å². The van der Waals surface area contributed by atoms with Crippen LogP contribution in [0.5, 0.6) is 0 Å². The van der Waals surface area contributed by atoms with E-state index in [0.29, 0.717) is 31.4 Å². The Morgan fingerprint density at radius 2 is 1.65 bits per heavy atom. The van der Waals surface area contributed by atoms with Crippen molar-refractivity contribution in [3.05, 3.63) is 35.9 Å². The molecule has 4 atom stereocenters. The Labute approximate surface area is 249 Å². The van der Waals surface area contributed by atoms with Crippen LogP contribution < -0.4 is 38.5 Å². The van der Waals surface area contributed by atoms with Crippen molar-refractivity contribution >= 4 is 41.5 Å². The molecule has 0 radical (unpaired) electrons. The Hall–Kier alpha value is -4.73. The second-order valence-corrected chi connectivity index (χ2v) is 10.1. The molecule has 43 heavy (non-hydrogen) atoms. The molecule has 0 bridgehead atoms. The highest BCUT2D eigenvalue weighted by molar-refractivity contribution is 5.97. The van der Waals surface area contributed by atoms with Gasteiger partial charge < -0.3 is 48.5 Å². The third-order valence-corrected chi connectivity index (χ3v) is 6.76. The zero-order chi connectivity index (χ0) is 31.9. The van der Waals surface area contributed by atoms with Crippen LogP contribution >= 0.6 is 0 Å². The van der Waals surface area contributed by atoms with Crippen LogP contribution in [0.4, 0.5) is 0 Å². The number of nitrogens with zero attached hydrogens (tertiary/aromatic N) is 2. The van der Waals surface area contributed by atoms with E-state index in [1.165, 1.54) is 11.9 Å². The van der Waals surface area contributed by atoms with Gasteiger partial charge in [0, 0.05) is 13.6 Å². The second kappa shape index (κ2) is 17.3.